The van der Waals surface area contributed by atoms with Gasteiger partial charge in [0, 0.05) is 19.3 Å². The monoisotopic (exact) mass is 269 g/mol. The number of hydrogen-bond donors (Lipinski definition) is 1. The molecule has 1 aromatic carbocycles. The van der Waals surface area contributed by atoms with Crippen molar-refractivity contribution < 1.29 is 0 Å². The van der Waals surface area contributed by atoms with E-state index in [0.717, 1.165) is 24.6 Å². The molecule has 1 heterocycles. The van der Waals surface area contributed by atoms with Gasteiger partial charge in [-0.25, -0.2) is 9.97 Å². The normalized spacial score (nSPS) is 12.6. The Hall–Kier alpha value is -1.74. The zero-order chi connectivity index (χ0) is 14.4. The van der Waals surface area contributed by atoms with Gasteiger partial charge in [0.1, 0.15) is 5.82 Å². The highest BCUT2D eigenvalue weighted by atomic mass is 14.9. The van der Waals surface area contributed by atoms with E-state index in [1.165, 1.54) is 5.56 Å². The number of aromatic nitrogens is 2. The molecule has 1 N–H and O–H groups in total. The minimum Gasteiger partial charge on any atom is -0.311 e. The lowest BCUT2D eigenvalue weighted by Gasteiger charge is -2.22. The molecule has 0 saturated heterocycles. The Balaban J connectivity index is 1.93. The first-order valence-corrected chi connectivity index (χ1v) is 7.21. The van der Waals surface area contributed by atoms with Crippen molar-refractivity contribution in [3.8, 4) is 0 Å². The molecule has 0 bridgehead atoms. The summed E-state index contributed by atoms with van der Waals surface area (Å²) < 4.78 is 0. The number of nitrogens with zero attached hydrogens (tertiary/aromatic N) is 2. The number of rotatable bonds is 6. The Morgan fingerprint density at radius 1 is 1.10 bits per heavy atom. The van der Waals surface area contributed by atoms with E-state index in [0.29, 0.717) is 11.8 Å². The number of benzene rings is 1. The lowest BCUT2D eigenvalue weighted by molar-refractivity contribution is 0.459. The maximum atomic E-state index is 4.41. The van der Waals surface area contributed by atoms with E-state index in [2.05, 4.69) is 59.5 Å². The van der Waals surface area contributed by atoms with Gasteiger partial charge in [0.05, 0.1) is 5.69 Å². The van der Waals surface area contributed by atoms with Gasteiger partial charge in [0.15, 0.2) is 0 Å². The molecular weight excluding hydrogens is 246 g/mol. The lowest BCUT2D eigenvalue weighted by atomic mass is 9.88. The van der Waals surface area contributed by atoms with Crippen molar-refractivity contribution in [1.82, 2.24) is 15.3 Å². The van der Waals surface area contributed by atoms with Crippen LogP contribution in [0.5, 0.6) is 0 Å². The molecule has 0 aliphatic carbocycles. The first kappa shape index (κ1) is 14.7. The first-order chi connectivity index (χ1) is 9.66. The zero-order valence-electron chi connectivity index (χ0n) is 12.5. The van der Waals surface area contributed by atoms with E-state index in [4.69, 9.17) is 0 Å². The molecule has 20 heavy (non-hydrogen) atoms. The molecule has 1 aromatic heterocycles. The highest BCUT2D eigenvalue weighted by molar-refractivity contribution is 5.20. The maximum absolute atomic E-state index is 4.41. The van der Waals surface area contributed by atoms with Crippen LogP contribution in [-0.2, 0) is 6.54 Å². The van der Waals surface area contributed by atoms with E-state index in [1.54, 1.807) is 0 Å². The van der Waals surface area contributed by atoms with E-state index >= 15 is 0 Å². The molecule has 0 saturated carbocycles. The summed E-state index contributed by atoms with van der Waals surface area (Å²) in [4.78, 5) is 8.53. The van der Waals surface area contributed by atoms with Crippen molar-refractivity contribution in [3.05, 3.63) is 59.7 Å². The molecule has 0 radical (unpaired) electrons. The number of hydrogen-bond acceptors (Lipinski definition) is 3. The third-order valence-corrected chi connectivity index (χ3v) is 3.54. The van der Waals surface area contributed by atoms with Crippen molar-refractivity contribution in [1.29, 1.82) is 0 Å². The van der Waals surface area contributed by atoms with Crippen molar-refractivity contribution in [3.63, 3.8) is 0 Å². The van der Waals surface area contributed by atoms with E-state index in [9.17, 15) is 0 Å². The molecule has 0 aliphatic heterocycles. The zero-order valence-corrected chi connectivity index (χ0v) is 12.5. The van der Waals surface area contributed by atoms with E-state index in [-0.39, 0.29) is 0 Å². The molecule has 0 aliphatic rings. The second kappa shape index (κ2) is 7.15. The largest absolute Gasteiger partial charge is 0.311 e. The molecule has 2 aromatic rings. The minimum absolute atomic E-state index is 0.527. The van der Waals surface area contributed by atoms with Crippen LogP contribution in [-0.4, -0.2) is 16.5 Å². The molecule has 2 rings (SSSR count). The summed E-state index contributed by atoms with van der Waals surface area (Å²) in [6.45, 7) is 8.22. The maximum Gasteiger partial charge on any atom is 0.125 e. The van der Waals surface area contributed by atoms with Crippen LogP contribution >= 0.6 is 0 Å². The average molecular weight is 269 g/mol. The topological polar surface area (TPSA) is 37.8 Å². The Bertz CT molecular complexity index is 523. The van der Waals surface area contributed by atoms with Gasteiger partial charge in [0.2, 0.25) is 0 Å². The van der Waals surface area contributed by atoms with Gasteiger partial charge in [-0.15, -0.1) is 0 Å². The summed E-state index contributed by atoms with van der Waals surface area (Å²) >= 11 is 0. The van der Waals surface area contributed by atoms with Crippen LogP contribution in [0.15, 0.2) is 42.6 Å². The van der Waals surface area contributed by atoms with Crippen molar-refractivity contribution in [2.75, 3.05) is 6.54 Å². The van der Waals surface area contributed by atoms with Gasteiger partial charge in [0.25, 0.3) is 0 Å². The quantitative estimate of drug-likeness (QED) is 0.874. The summed E-state index contributed by atoms with van der Waals surface area (Å²) in [7, 11) is 0. The second-order valence-corrected chi connectivity index (χ2v) is 5.49. The third-order valence-electron chi connectivity index (χ3n) is 3.54. The number of nitrogens with one attached hydrogen (secondary N) is 1. The smallest absolute Gasteiger partial charge is 0.125 e. The molecule has 1 unspecified atom stereocenters. The van der Waals surface area contributed by atoms with Crippen LogP contribution in [0.4, 0.5) is 0 Å². The Morgan fingerprint density at radius 3 is 2.50 bits per heavy atom. The van der Waals surface area contributed by atoms with Crippen LogP contribution < -0.4 is 5.32 Å². The van der Waals surface area contributed by atoms with Gasteiger partial charge in [-0.1, -0.05) is 44.2 Å². The van der Waals surface area contributed by atoms with Gasteiger partial charge in [-0.3, -0.25) is 0 Å². The summed E-state index contributed by atoms with van der Waals surface area (Å²) in [5.41, 5.74) is 2.45. The van der Waals surface area contributed by atoms with Gasteiger partial charge >= 0.3 is 0 Å². The Labute approximate surface area is 121 Å². The summed E-state index contributed by atoms with van der Waals surface area (Å²) in [6, 6.07) is 12.7. The van der Waals surface area contributed by atoms with Gasteiger partial charge in [-0.05, 0) is 30.4 Å². The van der Waals surface area contributed by atoms with Crippen LogP contribution in [0.1, 0.15) is 36.8 Å². The summed E-state index contributed by atoms with van der Waals surface area (Å²) in [5, 5.41) is 3.52. The minimum atomic E-state index is 0.527. The van der Waals surface area contributed by atoms with Gasteiger partial charge < -0.3 is 5.32 Å². The molecule has 3 nitrogen and oxygen atoms in total. The van der Waals surface area contributed by atoms with Crippen molar-refractivity contribution in [2.45, 2.75) is 33.2 Å². The molecule has 1 atom stereocenters. The number of aryl methyl sites for hydroxylation is 1. The van der Waals surface area contributed by atoms with Crippen molar-refractivity contribution in [2.24, 2.45) is 5.92 Å². The van der Waals surface area contributed by atoms with Crippen LogP contribution in [0.3, 0.4) is 0 Å². The molecule has 0 spiro atoms. The molecular formula is C17H23N3. The van der Waals surface area contributed by atoms with Gasteiger partial charge in [-0.2, -0.15) is 0 Å². The van der Waals surface area contributed by atoms with Crippen LogP contribution in [0.2, 0.25) is 0 Å². The third kappa shape index (κ3) is 4.14. The van der Waals surface area contributed by atoms with Crippen LogP contribution in [0, 0.1) is 12.8 Å². The van der Waals surface area contributed by atoms with E-state index in [1.807, 2.05) is 19.2 Å². The second-order valence-electron chi connectivity index (χ2n) is 5.49. The fourth-order valence-corrected chi connectivity index (χ4v) is 2.40. The van der Waals surface area contributed by atoms with E-state index < -0.39 is 0 Å². The Kier molecular flexibility index (Phi) is 5.24. The first-order valence-electron chi connectivity index (χ1n) is 7.21. The fraction of sp³-hybridized carbons (Fsp3) is 0.412. The average Bonchev–Trinajstić information content (AvgIpc) is 2.44. The highest BCUT2D eigenvalue weighted by Crippen LogP contribution is 2.23. The predicted octanol–water partition coefficient (Wildman–Crippen LogP) is 3.31. The fourth-order valence-electron chi connectivity index (χ4n) is 2.40. The molecule has 3 heteroatoms. The molecule has 106 valence electrons. The molecule has 0 fully saturated rings. The van der Waals surface area contributed by atoms with Crippen molar-refractivity contribution >= 4 is 0 Å². The predicted molar refractivity (Wildman–Crippen MR) is 82.5 cm³/mol. The summed E-state index contributed by atoms with van der Waals surface area (Å²) in [6.07, 6.45) is 1.82. The Morgan fingerprint density at radius 2 is 1.85 bits per heavy atom. The molecule has 0 amide bonds. The standard InChI is InChI=1S/C17H23N3/c1-13(2)17(15-7-5-4-6-8-15)12-18-11-16-9-10-19-14(3)20-16/h4-10,13,17-18H,11-12H2,1-3H3. The highest BCUT2D eigenvalue weighted by Gasteiger charge is 2.14. The summed E-state index contributed by atoms with van der Waals surface area (Å²) in [5.74, 6) is 1.96. The lowest BCUT2D eigenvalue weighted by Crippen LogP contribution is -2.25. The van der Waals surface area contributed by atoms with Crippen LogP contribution in [0.25, 0.3) is 0 Å². The SMILES string of the molecule is Cc1nccc(CNCC(c2ccccc2)C(C)C)n1.